The third kappa shape index (κ3) is 1.98. The zero-order valence-electron chi connectivity index (χ0n) is 12.0. The van der Waals surface area contributed by atoms with Crippen molar-refractivity contribution < 1.29 is 4.39 Å². The van der Waals surface area contributed by atoms with Crippen molar-refractivity contribution >= 4 is 21.6 Å². The fourth-order valence-corrected chi connectivity index (χ4v) is 4.77. The van der Waals surface area contributed by atoms with Gasteiger partial charge in [-0.05, 0) is 18.9 Å². The van der Waals surface area contributed by atoms with E-state index in [0.29, 0.717) is 22.5 Å². The van der Waals surface area contributed by atoms with Crippen LogP contribution in [0, 0.1) is 5.92 Å². The van der Waals surface area contributed by atoms with Crippen molar-refractivity contribution in [2.45, 2.75) is 31.1 Å². The smallest absolute Gasteiger partial charge is 0.268 e. The fourth-order valence-electron chi connectivity index (χ4n) is 3.79. The van der Waals surface area contributed by atoms with Crippen LogP contribution in [0.4, 0.5) is 4.39 Å². The molecule has 2 unspecified atom stereocenters. The molecular weight excluding hydrogens is 317 g/mol. The number of fused-ring (bicyclic) bond motifs is 3. The summed E-state index contributed by atoms with van der Waals surface area (Å²) in [6.07, 6.45) is 4.07. The molecule has 1 aliphatic carbocycles. The zero-order chi connectivity index (χ0) is 15.6. The molecule has 0 amide bonds. The standard InChI is InChI=1S/C15H14FN5OS/c16-9-2-7-1-8(9)12(19-7)14-20-10-3-11(6-4-17-18-5-6)23-13(10)15(22)21-14/h3-5,7-9,12,19H,1-2H2,(H,17,18)(H,20,21,22)/t7?,8?,9-,12-/m0/s1. The Bertz CT molecular complexity index is 933. The van der Waals surface area contributed by atoms with E-state index in [9.17, 15) is 9.18 Å². The first-order chi connectivity index (χ1) is 11.2. The van der Waals surface area contributed by atoms with E-state index in [-0.39, 0.29) is 23.6 Å². The normalized spacial score (nSPS) is 29.6. The summed E-state index contributed by atoms with van der Waals surface area (Å²) in [7, 11) is 0. The van der Waals surface area contributed by atoms with Crippen molar-refractivity contribution in [2.75, 3.05) is 0 Å². The van der Waals surface area contributed by atoms with Crippen molar-refractivity contribution in [1.29, 1.82) is 0 Å². The van der Waals surface area contributed by atoms with Gasteiger partial charge in [0.15, 0.2) is 0 Å². The lowest BCUT2D eigenvalue weighted by Crippen LogP contribution is -2.36. The molecule has 4 atom stereocenters. The predicted molar refractivity (Wildman–Crippen MR) is 85.1 cm³/mol. The van der Waals surface area contributed by atoms with Gasteiger partial charge in [-0.25, -0.2) is 9.37 Å². The summed E-state index contributed by atoms with van der Waals surface area (Å²) in [5.41, 5.74) is 1.42. The van der Waals surface area contributed by atoms with Gasteiger partial charge >= 0.3 is 0 Å². The first-order valence-electron chi connectivity index (χ1n) is 7.62. The van der Waals surface area contributed by atoms with Gasteiger partial charge in [0.2, 0.25) is 0 Å². The number of hydrogen-bond acceptors (Lipinski definition) is 5. The van der Waals surface area contributed by atoms with Crippen LogP contribution in [0.25, 0.3) is 20.7 Å². The Labute approximate surface area is 134 Å². The minimum absolute atomic E-state index is 0.0902. The number of aromatic nitrogens is 4. The van der Waals surface area contributed by atoms with Crippen LogP contribution < -0.4 is 10.9 Å². The molecule has 3 N–H and O–H groups in total. The van der Waals surface area contributed by atoms with E-state index in [0.717, 1.165) is 16.9 Å². The molecular formula is C15H14FN5OS. The number of rotatable bonds is 2. The minimum Gasteiger partial charge on any atom is -0.308 e. The van der Waals surface area contributed by atoms with Crippen LogP contribution >= 0.6 is 11.3 Å². The lowest BCUT2D eigenvalue weighted by Gasteiger charge is -2.24. The third-order valence-corrected chi connectivity index (χ3v) is 6.03. The van der Waals surface area contributed by atoms with Crippen LogP contribution in [0.3, 0.4) is 0 Å². The largest absolute Gasteiger partial charge is 0.308 e. The van der Waals surface area contributed by atoms with Crippen molar-refractivity contribution in [3.05, 3.63) is 34.6 Å². The second kappa shape index (κ2) is 4.72. The number of hydrogen-bond donors (Lipinski definition) is 3. The van der Waals surface area contributed by atoms with Crippen LogP contribution in [0.5, 0.6) is 0 Å². The van der Waals surface area contributed by atoms with Crippen molar-refractivity contribution in [2.24, 2.45) is 5.92 Å². The Balaban J connectivity index is 1.60. The van der Waals surface area contributed by atoms with E-state index in [4.69, 9.17) is 0 Å². The summed E-state index contributed by atoms with van der Waals surface area (Å²) in [6, 6.07) is 1.90. The molecule has 2 aliphatic rings. The summed E-state index contributed by atoms with van der Waals surface area (Å²) in [5, 5.41) is 10.1. The first kappa shape index (κ1) is 13.4. The highest BCUT2D eigenvalue weighted by Gasteiger charge is 2.47. The lowest BCUT2D eigenvalue weighted by molar-refractivity contribution is 0.196. The van der Waals surface area contributed by atoms with Gasteiger partial charge < -0.3 is 10.3 Å². The summed E-state index contributed by atoms with van der Waals surface area (Å²) < 4.78 is 14.6. The molecule has 0 spiro atoms. The van der Waals surface area contributed by atoms with Crippen LogP contribution in [0.1, 0.15) is 24.7 Å². The molecule has 1 saturated carbocycles. The Kier molecular flexibility index (Phi) is 2.75. The highest BCUT2D eigenvalue weighted by atomic mass is 32.1. The Morgan fingerprint density at radius 2 is 2.26 bits per heavy atom. The summed E-state index contributed by atoms with van der Waals surface area (Å²) in [4.78, 5) is 20.8. The molecule has 5 rings (SSSR count). The molecule has 0 radical (unpaired) electrons. The maximum absolute atomic E-state index is 14.0. The molecule has 1 saturated heterocycles. The Morgan fingerprint density at radius 1 is 1.35 bits per heavy atom. The maximum atomic E-state index is 14.0. The predicted octanol–water partition coefficient (Wildman–Crippen LogP) is 2.14. The van der Waals surface area contributed by atoms with Gasteiger partial charge in [0.25, 0.3) is 5.56 Å². The van der Waals surface area contributed by atoms with E-state index in [1.54, 1.807) is 12.4 Å². The fraction of sp³-hybridized carbons (Fsp3) is 0.400. The lowest BCUT2D eigenvalue weighted by atomic mass is 9.97. The van der Waals surface area contributed by atoms with Gasteiger partial charge in [-0.3, -0.25) is 9.89 Å². The molecule has 8 heteroatoms. The summed E-state index contributed by atoms with van der Waals surface area (Å²) in [5.74, 6) is 0.460. The number of halogens is 1. The molecule has 2 fully saturated rings. The monoisotopic (exact) mass is 331 g/mol. The second-order valence-corrected chi connectivity index (χ2v) is 7.31. The molecule has 6 nitrogen and oxygen atoms in total. The number of alkyl halides is 1. The minimum atomic E-state index is -0.809. The summed E-state index contributed by atoms with van der Waals surface area (Å²) >= 11 is 1.39. The molecule has 4 heterocycles. The van der Waals surface area contributed by atoms with E-state index in [1.165, 1.54) is 11.3 Å². The quantitative estimate of drug-likeness (QED) is 0.671. The topological polar surface area (TPSA) is 86.5 Å². The Hall–Kier alpha value is -2.06. The molecule has 118 valence electrons. The SMILES string of the molecule is O=c1[nH]c([C@H]2NC3CC2[C@@H](F)C3)nc2cc(-c3cn[nH]c3)sc12. The molecule has 2 bridgehead atoms. The molecule has 23 heavy (non-hydrogen) atoms. The third-order valence-electron chi connectivity index (χ3n) is 4.85. The van der Waals surface area contributed by atoms with Gasteiger partial charge in [0, 0.05) is 28.6 Å². The van der Waals surface area contributed by atoms with Gasteiger partial charge in [-0.1, -0.05) is 0 Å². The van der Waals surface area contributed by atoms with Crippen LogP contribution in [0.2, 0.25) is 0 Å². The van der Waals surface area contributed by atoms with Crippen LogP contribution in [-0.2, 0) is 0 Å². The highest BCUT2D eigenvalue weighted by Crippen LogP contribution is 2.44. The number of piperidine rings is 1. The summed E-state index contributed by atoms with van der Waals surface area (Å²) in [6.45, 7) is 0. The number of thiophene rings is 1. The van der Waals surface area contributed by atoms with E-state index < -0.39 is 6.17 Å². The number of aromatic amines is 2. The number of nitrogens with one attached hydrogen (secondary N) is 3. The average Bonchev–Trinajstić information content (AvgIpc) is 3.29. The highest BCUT2D eigenvalue weighted by molar-refractivity contribution is 7.22. The van der Waals surface area contributed by atoms with Gasteiger partial charge in [-0.15, -0.1) is 11.3 Å². The van der Waals surface area contributed by atoms with Gasteiger partial charge in [0.1, 0.15) is 16.7 Å². The number of H-pyrrole nitrogens is 2. The maximum Gasteiger partial charge on any atom is 0.268 e. The van der Waals surface area contributed by atoms with Crippen molar-refractivity contribution in [3.63, 3.8) is 0 Å². The van der Waals surface area contributed by atoms with Crippen LogP contribution in [-0.4, -0.2) is 32.4 Å². The molecule has 0 aromatic carbocycles. The van der Waals surface area contributed by atoms with Gasteiger partial charge in [-0.2, -0.15) is 5.10 Å². The van der Waals surface area contributed by atoms with Crippen LogP contribution in [0.15, 0.2) is 23.3 Å². The van der Waals surface area contributed by atoms with E-state index in [1.807, 2.05) is 6.07 Å². The van der Waals surface area contributed by atoms with E-state index in [2.05, 4.69) is 25.5 Å². The molecule has 3 aromatic heterocycles. The van der Waals surface area contributed by atoms with E-state index >= 15 is 0 Å². The zero-order valence-corrected chi connectivity index (χ0v) is 12.9. The first-order valence-corrected chi connectivity index (χ1v) is 8.44. The molecule has 3 aromatic rings. The average molecular weight is 331 g/mol. The second-order valence-electron chi connectivity index (χ2n) is 6.26. The van der Waals surface area contributed by atoms with Crippen molar-refractivity contribution in [1.82, 2.24) is 25.5 Å². The molecule has 1 aliphatic heterocycles. The van der Waals surface area contributed by atoms with Crippen molar-refractivity contribution in [3.8, 4) is 10.4 Å². The Morgan fingerprint density at radius 3 is 3.00 bits per heavy atom. The number of nitrogens with zero attached hydrogens (tertiary/aromatic N) is 2. The van der Waals surface area contributed by atoms with Gasteiger partial charge in [0.05, 0.1) is 17.8 Å².